The lowest BCUT2D eigenvalue weighted by Gasteiger charge is -2.14. The second-order valence-electron chi connectivity index (χ2n) is 4.21. The number of anilines is 1. The van der Waals surface area contributed by atoms with Crippen molar-refractivity contribution in [3.05, 3.63) is 39.5 Å². The van der Waals surface area contributed by atoms with E-state index in [1.54, 1.807) is 6.07 Å². The molecule has 0 fully saturated rings. The Hall–Kier alpha value is -2.02. The van der Waals surface area contributed by atoms with E-state index in [0.717, 1.165) is 4.68 Å². The Kier molecular flexibility index (Phi) is 4.70. The predicted molar refractivity (Wildman–Crippen MR) is 83.7 cm³/mol. The van der Waals surface area contributed by atoms with Gasteiger partial charge in [0.1, 0.15) is 17.6 Å². The third-order valence-corrected chi connectivity index (χ3v) is 3.31. The lowest BCUT2D eigenvalue weighted by atomic mass is 10.2. The van der Waals surface area contributed by atoms with Gasteiger partial charge in [-0.1, -0.05) is 23.2 Å². The Morgan fingerprint density at radius 3 is 2.30 bits per heavy atom. The van der Waals surface area contributed by atoms with Crippen LogP contribution in [0.15, 0.2) is 18.2 Å². The smallest absolute Gasteiger partial charge is 0.376 e. The van der Waals surface area contributed by atoms with E-state index in [-0.39, 0.29) is 32.4 Å². The number of alkyl halides is 3. The molecule has 23 heavy (non-hydrogen) atoms. The van der Waals surface area contributed by atoms with Gasteiger partial charge in [0.2, 0.25) is 0 Å². The number of nitriles is 1. The molecule has 1 heterocycles. The van der Waals surface area contributed by atoms with Crippen LogP contribution in [0.5, 0.6) is 0 Å². The van der Waals surface area contributed by atoms with Gasteiger partial charge in [0.05, 0.1) is 15.6 Å². The molecule has 0 bridgehead atoms. The average Bonchev–Trinajstić information content (AvgIpc) is 2.79. The maximum atomic E-state index is 12.8. The summed E-state index contributed by atoms with van der Waals surface area (Å²) in [7, 11) is 0. The zero-order valence-corrected chi connectivity index (χ0v) is 13.3. The van der Waals surface area contributed by atoms with Gasteiger partial charge in [0.25, 0.3) is 0 Å². The Bertz CT molecular complexity index is 802. The summed E-state index contributed by atoms with van der Waals surface area (Å²) in [6.45, 7) is 0. The highest BCUT2D eigenvalue weighted by Crippen LogP contribution is 2.38. The first-order chi connectivity index (χ1) is 10.6. The zero-order chi connectivity index (χ0) is 17.4. The maximum Gasteiger partial charge on any atom is 0.416 e. The standard InChI is InChI=1S/C12H6Cl2F3N5S/c13-7-1-5(12(15,16)17)2-8(14)10(7)22-9(20-11(19)23)3-6(4-18)21-22/h1-3H,(H3,19,20,23). The lowest BCUT2D eigenvalue weighted by molar-refractivity contribution is -0.137. The minimum absolute atomic E-state index is 0.0317. The molecule has 0 aliphatic rings. The second-order valence-corrected chi connectivity index (χ2v) is 5.47. The summed E-state index contributed by atoms with van der Waals surface area (Å²) < 4.78 is 39.3. The van der Waals surface area contributed by atoms with Gasteiger partial charge in [-0.2, -0.15) is 23.5 Å². The highest BCUT2D eigenvalue weighted by Gasteiger charge is 2.32. The van der Waals surface area contributed by atoms with Crippen LogP contribution in [0, 0.1) is 11.3 Å². The third-order valence-electron chi connectivity index (χ3n) is 2.63. The Morgan fingerprint density at radius 2 is 1.87 bits per heavy atom. The minimum atomic E-state index is -4.60. The minimum Gasteiger partial charge on any atom is -0.376 e. The van der Waals surface area contributed by atoms with E-state index in [1.165, 1.54) is 6.07 Å². The number of benzene rings is 1. The molecule has 0 aliphatic carbocycles. The Balaban J connectivity index is 2.65. The molecule has 0 unspecified atom stereocenters. The number of halogens is 5. The van der Waals surface area contributed by atoms with Crippen LogP contribution in [0.3, 0.4) is 0 Å². The molecule has 0 radical (unpaired) electrons. The first kappa shape index (κ1) is 17.3. The lowest BCUT2D eigenvalue weighted by Crippen LogP contribution is -2.21. The van der Waals surface area contributed by atoms with Crippen LogP contribution in [0.2, 0.25) is 10.0 Å². The number of rotatable bonds is 2. The molecular formula is C12H6Cl2F3N5S. The van der Waals surface area contributed by atoms with Gasteiger partial charge in [-0.3, -0.25) is 0 Å². The van der Waals surface area contributed by atoms with Crippen molar-refractivity contribution in [2.45, 2.75) is 6.18 Å². The molecule has 11 heteroatoms. The molecular weight excluding hydrogens is 374 g/mol. The van der Waals surface area contributed by atoms with Crippen molar-refractivity contribution in [3.8, 4) is 11.8 Å². The number of nitrogens with one attached hydrogen (secondary N) is 1. The summed E-state index contributed by atoms with van der Waals surface area (Å²) >= 11 is 16.5. The van der Waals surface area contributed by atoms with Gasteiger partial charge in [0.15, 0.2) is 10.8 Å². The van der Waals surface area contributed by atoms with E-state index in [2.05, 4.69) is 10.4 Å². The van der Waals surface area contributed by atoms with Crippen LogP contribution < -0.4 is 11.1 Å². The van der Waals surface area contributed by atoms with Crippen LogP contribution in [-0.4, -0.2) is 14.9 Å². The van der Waals surface area contributed by atoms with Gasteiger partial charge in [0, 0.05) is 6.07 Å². The van der Waals surface area contributed by atoms with E-state index >= 15 is 0 Å². The number of nitrogens with zero attached hydrogens (tertiary/aromatic N) is 3. The third kappa shape index (κ3) is 3.67. The van der Waals surface area contributed by atoms with Gasteiger partial charge in [-0.25, -0.2) is 4.68 Å². The second kappa shape index (κ2) is 6.23. The van der Waals surface area contributed by atoms with E-state index < -0.39 is 11.7 Å². The van der Waals surface area contributed by atoms with Gasteiger partial charge in [-0.05, 0) is 24.4 Å². The van der Waals surface area contributed by atoms with Gasteiger partial charge >= 0.3 is 6.18 Å². The Morgan fingerprint density at radius 1 is 1.30 bits per heavy atom. The normalized spacial score (nSPS) is 11.1. The summed E-state index contributed by atoms with van der Waals surface area (Å²) in [5, 5.41) is 14.6. The summed E-state index contributed by atoms with van der Waals surface area (Å²) in [4.78, 5) is 0. The summed E-state index contributed by atoms with van der Waals surface area (Å²) in [5.41, 5.74) is 4.28. The topological polar surface area (TPSA) is 79.7 Å². The van der Waals surface area contributed by atoms with Crippen LogP contribution in [-0.2, 0) is 6.18 Å². The average molecular weight is 380 g/mol. The van der Waals surface area contributed by atoms with E-state index in [1.807, 2.05) is 0 Å². The molecule has 0 saturated heterocycles. The fraction of sp³-hybridized carbons (Fsp3) is 0.0833. The molecule has 1 aromatic heterocycles. The van der Waals surface area contributed by atoms with Crippen molar-refractivity contribution in [2.24, 2.45) is 5.73 Å². The van der Waals surface area contributed by atoms with Crippen LogP contribution >= 0.6 is 35.4 Å². The SMILES string of the molecule is N#Cc1cc(NC(N)=S)n(-c2c(Cl)cc(C(F)(F)F)cc2Cl)n1. The largest absolute Gasteiger partial charge is 0.416 e. The first-order valence-corrected chi connectivity index (χ1v) is 6.93. The molecule has 5 nitrogen and oxygen atoms in total. The number of aromatic nitrogens is 2. The molecule has 0 spiro atoms. The fourth-order valence-corrected chi connectivity index (χ4v) is 2.50. The zero-order valence-electron chi connectivity index (χ0n) is 10.9. The van der Waals surface area contributed by atoms with Crippen molar-refractivity contribution in [3.63, 3.8) is 0 Å². The molecule has 2 rings (SSSR count). The van der Waals surface area contributed by atoms with Gasteiger partial charge < -0.3 is 11.1 Å². The monoisotopic (exact) mass is 379 g/mol. The highest BCUT2D eigenvalue weighted by atomic mass is 35.5. The summed E-state index contributed by atoms with van der Waals surface area (Å²) in [5.74, 6) is 0.137. The van der Waals surface area contributed by atoms with Crippen LogP contribution in [0.4, 0.5) is 19.0 Å². The van der Waals surface area contributed by atoms with Crippen LogP contribution in [0.25, 0.3) is 5.69 Å². The quantitative estimate of drug-likeness (QED) is 0.777. The molecule has 2 aromatic rings. The molecule has 0 aliphatic heterocycles. The van der Waals surface area contributed by atoms with Crippen molar-refractivity contribution in [1.29, 1.82) is 5.26 Å². The highest BCUT2D eigenvalue weighted by molar-refractivity contribution is 7.80. The van der Waals surface area contributed by atoms with E-state index in [0.29, 0.717) is 12.1 Å². The molecule has 0 amide bonds. The van der Waals surface area contributed by atoms with Crippen LogP contribution in [0.1, 0.15) is 11.3 Å². The van der Waals surface area contributed by atoms with Gasteiger partial charge in [-0.15, -0.1) is 0 Å². The fourth-order valence-electron chi connectivity index (χ4n) is 1.75. The molecule has 0 atom stereocenters. The van der Waals surface area contributed by atoms with Crippen molar-refractivity contribution in [1.82, 2.24) is 9.78 Å². The molecule has 120 valence electrons. The number of thiocarbonyl (C=S) groups is 1. The van der Waals surface area contributed by atoms with Crippen molar-refractivity contribution >= 4 is 46.4 Å². The van der Waals surface area contributed by atoms with E-state index in [9.17, 15) is 13.2 Å². The number of hydrogen-bond acceptors (Lipinski definition) is 3. The van der Waals surface area contributed by atoms with Crippen molar-refractivity contribution in [2.75, 3.05) is 5.32 Å². The molecule has 1 aromatic carbocycles. The molecule has 0 saturated carbocycles. The van der Waals surface area contributed by atoms with E-state index in [4.69, 9.17) is 46.4 Å². The first-order valence-electron chi connectivity index (χ1n) is 5.76. The summed E-state index contributed by atoms with van der Waals surface area (Å²) in [6, 6.07) is 4.50. The maximum absolute atomic E-state index is 12.8. The predicted octanol–water partition coefficient (Wildman–Crippen LogP) is 3.73. The number of nitrogens with two attached hydrogens (primary N) is 1. The summed E-state index contributed by atoms with van der Waals surface area (Å²) in [6.07, 6.45) is -4.60. The Labute approximate surface area is 143 Å². The molecule has 3 N–H and O–H groups in total. The number of hydrogen-bond donors (Lipinski definition) is 2. The van der Waals surface area contributed by atoms with Crippen molar-refractivity contribution < 1.29 is 13.2 Å².